The molecule has 7 rings (SSSR count). The number of anilines is 1. The maximum atomic E-state index is 13.1. The second-order valence-electron chi connectivity index (χ2n) is 12.2. The zero-order valence-corrected chi connectivity index (χ0v) is 25.9. The van der Waals surface area contributed by atoms with E-state index in [0.717, 1.165) is 60.0 Å². The highest BCUT2D eigenvalue weighted by Crippen LogP contribution is 2.36. The fraction of sp³-hybridized carbons (Fsp3) is 0.469. The molecule has 0 bridgehead atoms. The number of aromatic nitrogens is 5. The number of thiazole rings is 1. The number of hydrogen-bond acceptors (Lipinski definition) is 11. The van der Waals surface area contributed by atoms with E-state index < -0.39 is 6.10 Å². The first-order chi connectivity index (χ1) is 21.9. The minimum absolute atomic E-state index is 0.00554. The van der Waals surface area contributed by atoms with Crippen molar-refractivity contribution in [2.24, 2.45) is 5.92 Å². The van der Waals surface area contributed by atoms with Gasteiger partial charge in [0.05, 0.1) is 28.6 Å². The van der Waals surface area contributed by atoms with Crippen molar-refractivity contribution in [3.8, 4) is 11.1 Å². The van der Waals surface area contributed by atoms with Crippen LogP contribution in [-0.2, 0) is 16.1 Å². The lowest BCUT2D eigenvalue weighted by Crippen LogP contribution is -2.60. The van der Waals surface area contributed by atoms with Crippen molar-refractivity contribution in [3.63, 3.8) is 0 Å². The van der Waals surface area contributed by atoms with Gasteiger partial charge < -0.3 is 20.1 Å². The summed E-state index contributed by atoms with van der Waals surface area (Å²) in [5.41, 5.74) is 3.05. The van der Waals surface area contributed by atoms with E-state index in [0.29, 0.717) is 35.8 Å². The quantitative estimate of drug-likeness (QED) is 0.297. The van der Waals surface area contributed by atoms with Gasteiger partial charge in [0.15, 0.2) is 11.0 Å². The number of hydrogen-bond donors (Lipinski definition) is 2. The predicted molar refractivity (Wildman–Crippen MR) is 168 cm³/mol. The Bertz CT molecular complexity index is 1660. The third-order valence-corrected chi connectivity index (χ3v) is 10.1. The summed E-state index contributed by atoms with van der Waals surface area (Å²) < 4.78 is 6.77. The first kappa shape index (κ1) is 29.8. The average Bonchev–Trinajstić information content (AvgIpc) is 3.64. The topological polar surface area (TPSA) is 147 Å². The summed E-state index contributed by atoms with van der Waals surface area (Å²) in [5, 5.41) is 13.6. The van der Waals surface area contributed by atoms with Crippen LogP contribution in [-0.4, -0.2) is 95.6 Å². The molecule has 0 unspecified atom stereocenters. The van der Waals surface area contributed by atoms with Crippen molar-refractivity contribution < 1.29 is 19.4 Å². The van der Waals surface area contributed by atoms with E-state index in [1.165, 1.54) is 23.7 Å². The Labute approximate surface area is 264 Å². The zero-order valence-electron chi connectivity index (χ0n) is 25.1. The molecule has 3 fully saturated rings. The van der Waals surface area contributed by atoms with Gasteiger partial charge in [-0.25, -0.2) is 19.9 Å². The number of ether oxygens (including phenoxy) is 1. The number of nitrogens with one attached hydrogen (secondary N) is 1. The summed E-state index contributed by atoms with van der Waals surface area (Å²) in [6.45, 7) is 4.46. The van der Waals surface area contributed by atoms with Crippen LogP contribution >= 0.6 is 11.3 Å². The molecule has 2 aliphatic carbocycles. The van der Waals surface area contributed by atoms with E-state index in [2.05, 4.69) is 42.1 Å². The molecule has 2 saturated carbocycles. The van der Waals surface area contributed by atoms with Crippen molar-refractivity contribution in [2.45, 2.75) is 69.9 Å². The Balaban J connectivity index is 0.904. The summed E-state index contributed by atoms with van der Waals surface area (Å²) >= 11 is 1.46. The standard InChI is InChI=1S/C32H36N8O4S/c1-19-17-39(31(43)25-16-33-7-8-34-25)9-10-40(19)23-11-21(12-23)30(42)38-32-37-24-6-5-20(13-28(24)45-32)22-14-35-29(36-15-22)18-44-27-4-2-3-26(27)41/h5-8,13-16,19,21,23,26-27,41H,2-4,9-12,17-18H2,1H3,(H,37,38,42)/t19-,21-,23+,26-,27-/m0/s1. The predicted octanol–water partition coefficient (Wildman–Crippen LogP) is 3.54. The first-order valence-corrected chi connectivity index (χ1v) is 16.4. The molecule has 45 heavy (non-hydrogen) atoms. The highest BCUT2D eigenvalue weighted by atomic mass is 32.1. The van der Waals surface area contributed by atoms with Gasteiger partial charge >= 0.3 is 0 Å². The van der Waals surface area contributed by atoms with Gasteiger partial charge in [0.1, 0.15) is 12.3 Å². The molecule has 4 aromatic rings. The molecule has 3 aromatic heterocycles. The van der Waals surface area contributed by atoms with Gasteiger partial charge in [-0.15, -0.1) is 0 Å². The minimum atomic E-state index is -0.401. The number of benzene rings is 1. The second-order valence-corrected chi connectivity index (χ2v) is 13.2. The van der Waals surface area contributed by atoms with E-state index in [1.54, 1.807) is 18.6 Å². The Morgan fingerprint density at radius 1 is 1.07 bits per heavy atom. The highest BCUT2D eigenvalue weighted by molar-refractivity contribution is 7.22. The monoisotopic (exact) mass is 628 g/mol. The number of carbonyl (C=O) groups is 2. The van der Waals surface area contributed by atoms with Crippen LogP contribution in [0.2, 0.25) is 0 Å². The molecule has 2 N–H and O–H groups in total. The molecule has 1 aromatic carbocycles. The number of aliphatic hydroxyl groups excluding tert-OH is 1. The normalized spacial score (nSPS) is 25.3. The number of amides is 2. The van der Waals surface area contributed by atoms with Crippen LogP contribution in [0.5, 0.6) is 0 Å². The fourth-order valence-electron chi connectivity index (χ4n) is 6.57. The zero-order chi connectivity index (χ0) is 30.9. The number of piperazine rings is 1. The van der Waals surface area contributed by atoms with E-state index in [-0.39, 0.29) is 36.5 Å². The van der Waals surface area contributed by atoms with Crippen LogP contribution in [0.15, 0.2) is 49.2 Å². The largest absolute Gasteiger partial charge is 0.390 e. The van der Waals surface area contributed by atoms with Crippen molar-refractivity contribution in [1.82, 2.24) is 34.7 Å². The lowest BCUT2D eigenvalue weighted by Gasteiger charge is -2.49. The highest BCUT2D eigenvalue weighted by Gasteiger charge is 2.41. The average molecular weight is 629 g/mol. The molecule has 3 atom stereocenters. The van der Waals surface area contributed by atoms with Gasteiger partial charge in [0, 0.05) is 68.0 Å². The lowest BCUT2D eigenvalue weighted by atomic mass is 9.78. The SMILES string of the molecule is C[C@H]1CN(C(=O)c2cnccn2)CCN1[C@H]1C[C@@H](C(=O)Nc2nc3ccc(-c4cnc(CO[C@H]5CCC[C@@H]5O)nc4)cc3s2)C1. The molecular weight excluding hydrogens is 592 g/mol. The first-order valence-electron chi connectivity index (χ1n) is 15.5. The van der Waals surface area contributed by atoms with Gasteiger partial charge in [-0.2, -0.15) is 0 Å². The van der Waals surface area contributed by atoms with Crippen molar-refractivity contribution in [3.05, 3.63) is 60.7 Å². The third-order valence-electron chi connectivity index (χ3n) is 9.20. The van der Waals surface area contributed by atoms with Gasteiger partial charge in [0.25, 0.3) is 5.91 Å². The van der Waals surface area contributed by atoms with Crippen molar-refractivity contribution in [2.75, 3.05) is 25.0 Å². The summed E-state index contributed by atoms with van der Waals surface area (Å²) in [4.78, 5) is 51.9. The Kier molecular flexibility index (Phi) is 8.49. The third kappa shape index (κ3) is 6.43. The molecule has 1 aliphatic heterocycles. The number of rotatable bonds is 8. The van der Waals surface area contributed by atoms with E-state index >= 15 is 0 Å². The smallest absolute Gasteiger partial charge is 0.274 e. The molecule has 0 spiro atoms. The second kappa shape index (κ2) is 12.8. The van der Waals surface area contributed by atoms with Gasteiger partial charge in [0.2, 0.25) is 5.91 Å². The molecule has 234 valence electrons. The minimum Gasteiger partial charge on any atom is -0.390 e. The van der Waals surface area contributed by atoms with Crippen LogP contribution in [0.3, 0.4) is 0 Å². The van der Waals surface area contributed by atoms with Crippen LogP contribution in [0.1, 0.15) is 55.3 Å². The Hall–Kier alpha value is -3.91. The van der Waals surface area contributed by atoms with Gasteiger partial charge in [-0.05, 0) is 56.7 Å². The van der Waals surface area contributed by atoms with E-state index in [1.807, 2.05) is 23.1 Å². The van der Waals surface area contributed by atoms with Crippen LogP contribution in [0, 0.1) is 5.92 Å². The van der Waals surface area contributed by atoms with Crippen LogP contribution in [0.25, 0.3) is 21.3 Å². The van der Waals surface area contributed by atoms with Crippen LogP contribution in [0.4, 0.5) is 5.13 Å². The van der Waals surface area contributed by atoms with E-state index in [4.69, 9.17) is 4.74 Å². The molecule has 2 amide bonds. The summed E-state index contributed by atoms with van der Waals surface area (Å²) in [5.74, 6) is 0.452. The van der Waals surface area contributed by atoms with E-state index in [9.17, 15) is 14.7 Å². The van der Waals surface area contributed by atoms with Crippen LogP contribution < -0.4 is 5.32 Å². The molecule has 13 heteroatoms. The Morgan fingerprint density at radius 3 is 2.64 bits per heavy atom. The molecule has 12 nitrogen and oxygen atoms in total. The maximum absolute atomic E-state index is 13.1. The van der Waals surface area contributed by atoms with Crippen molar-refractivity contribution in [1.29, 1.82) is 0 Å². The number of carbonyl (C=O) groups excluding carboxylic acids is 2. The lowest BCUT2D eigenvalue weighted by molar-refractivity contribution is -0.125. The number of aliphatic hydroxyl groups is 1. The van der Waals surface area contributed by atoms with Crippen molar-refractivity contribution >= 4 is 38.5 Å². The molecular formula is C32H36N8O4S. The number of nitrogens with zero attached hydrogens (tertiary/aromatic N) is 7. The molecule has 3 aliphatic rings. The molecule has 4 heterocycles. The molecule has 1 saturated heterocycles. The maximum Gasteiger partial charge on any atom is 0.274 e. The summed E-state index contributed by atoms with van der Waals surface area (Å²) in [6, 6.07) is 6.51. The Morgan fingerprint density at radius 2 is 1.91 bits per heavy atom. The van der Waals surface area contributed by atoms with Gasteiger partial charge in [-0.1, -0.05) is 17.4 Å². The fourth-order valence-corrected chi connectivity index (χ4v) is 7.48. The van der Waals surface area contributed by atoms with Gasteiger partial charge in [-0.3, -0.25) is 19.5 Å². The molecule has 0 radical (unpaired) electrons. The number of fused-ring (bicyclic) bond motifs is 1. The summed E-state index contributed by atoms with van der Waals surface area (Å²) in [6.07, 6.45) is 11.9. The summed E-state index contributed by atoms with van der Waals surface area (Å²) in [7, 11) is 0.